The van der Waals surface area contributed by atoms with Crippen LogP contribution in [-0.4, -0.2) is 63.5 Å². The third-order valence-corrected chi connectivity index (χ3v) is 7.34. The fourth-order valence-electron chi connectivity index (χ4n) is 4.74. The Morgan fingerprint density at radius 2 is 1.94 bits per heavy atom. The third kappa shape index (κ3) is 4.48. The zero-order valence-electron chi connectivity index (χ0n) is 19.4. The van der Waals surface area contributed by atoms with Crippen LogP contribution in [0.1, 0.15) is 35.2 Å². The van der Waals surface area contributed by atoms with E-state index in [2.05, 4.69) is 5.32 Å². The molecule has 0 saturated carbocycles. The van der Waals surface area contributed by atoms with Crippen molar-refractivity contribution in [2.45, 2.75) is 25.3 Å². The van der Waals surface area contributed by atoms with Crippen LogP contribution in [0.2, 0.25) is 0 Å². The summed E-state index contributed by atoms with van der Waals surface area (Å²) in [5.41, 5.74) is 2.00. The molecule has 2 N–H and O–H groups in total. The van der Waals surface area contributed by atoms with Gasteiger partial charge in [0.05, 0.1) is 11.3 Å². The SMILES string of the molecule is CCN(c1cc2oc(-c3ccc(F)cc3)c(C(=O)NC)c2cc1C1C[C@@H](C(=O)O)N(C)C1)[SH](=O)=O. The van der Waals surface area contributed by atoms with Gasteiger partial charge in [0.1, 0.15) is 23.2 Å². The summed E-state index contributed by atoms with van der Waals surface area (Å²) in [4.78, 5) is 26.3. The van der Waals surface area contributed by atoms with E-state index in [1.807, 2.05) is 0 Å². The first-order valence-electron chi connectivity index (χ1n) is 11.1. The smallest absolute Gasteiger partial charge is 0.320 e. The summed E-state index contributed by atoms with van der Waals surface area (Å²) in [6.07, 6.45) is 0.287. The van der Waals surface area contributed by atoms with Crippen molar-refractivity contribution in [3.63, 3.8) is 0 Å². The van der Waals surface area contributed by atoms with Crippen LogP contribution >= 0.6 is 0 Å². The molecule has 0 radical (unpaired) electrons. The second kappa shape index (κ2) is 9.67. The van der Waals surface area contributed by atoms with Crippen molar-refractivity contribution < 1.29 is 31.9 Å². The fourth-order valence-corrected chi connectivity index (χ4v) is 5.32. The van der Waals surface area contributed by atoms with Gasteiger partial charge in [-0.3, -0.25) is 18.8 Å². The maximum atomic E-state index is 13.5. The molecule has 1 aliphatic heterocycles. The first-order chi connectivity index (χ1) is 16.7. The highest BCUT2D eigenvalue weighted by Crippen LogP contribution is 2.42. The standard InChI is InChI=1S/C24H26FN3O6S/c1-4-28(35(32)33)18-11-20-17(10-16(18)14-9-19(24(30)31)27(3)12-14)21(23(29)26-2)22(34-20)13-5-7-15(25)8-6-13/h5-8,10-11,14,19,35H,4,9,12H2,1-3H3,(H,26,29)(H,30,31)/t14?,19-/m0/s1. The number of amides is 1. The summed E-state index contributed by atoms with van der Waals surface area (Å²) in [6.45, 7) is 2.26. The van der Waals surface area contributed by atoms with E-state index in [0.717, 1.165) is 0 Å². The molecule has 0 aliphatic carbocycles. The molecule has 1 fully saturated rings. The maximum absolute atomic E-state index is 13.5. The second-order valence-electron chi connectivity index (χ2n) is 8.48. The quantitative estimate of drug-likeness (QED) is 0.424. The first-order valence-corrected chi connectivity index (χ1v) is 12.2. The Kier molecular flexibility index (Phi) is 6.82. The van der Waals surface area contributed by atoms with Gasteiger partial charge in [-0.15, -0.1) is 0 Å². The Hall–Kier alpha value is -3.44. The average Bonchev–Trinajstić information content (AvgIpc) is 3.39. The van der Waals surface area contributed by atoms with Crippen LogP contribution in [0.25, 0.3) is 22.3 Å². The summed E-state index contributed by atoms with van der Waals surface area (Å²) in [6, 6.07) is 8.10. The van der Waals surface area contributed by atoms with Gasteiger partial charge in [-0.2, -0.15) is 0 Å². The van der Waals surface area contributed by atoms with Crippen LogP contribution in [0.15, 0.2) is 40.8 Å². The molecule has 4 rings (SSSR count). The molecule has 186 valence electrons. The molecule has 1 aromatic heterocycles. The monoisotopic (exact) mass is 503 g/mol. The summed E-state index contributed by atoms with van der Waals surface area (Å²) in [5, 5.41) is 12.6. The van der Waals surface area contributed by atoms with Crippen LogP contribution in [0.3, 0.4) is 0 Å². The van der Waals surface area contributed by atoms with E-state index in [1.165, 1.54) is 35.6 Å². The van der Waals surface area contributed by atoms with Gasteiger partial charge in [0.25, 0.3) is 5.91 Å². The Labute approximate surface area is 203 Å². The number of carbonyl (C=O) groups is 2. The number of carbonyl (C=O) groups excluding carboxylic acids is 1. The predicted octanol–water partition coefficient (Wildman–Crippen LogP) is 2.82. The van der Waals surface area contributed by atoms with Crippen LogP contribution in [0.4, 0.5) is 10.1 Å². The summed E-state index contributed by atoms with van der Waals surface area (Å²) < 4.78 is 44.9. The van der Waals surface area contributed by atoms with Crippen molar-refractivity contribution in [1.29, 1.82) is 0 Å². The Bertz CT molecular complexity index is 1360. The topological polar surface area (TPSA) is 120 Å². The van der Waals surface area contributed by atoms with E-state index in [-0.39, 0.29) is 35.8 Å². The number of anilines is 1. The molecule has 1 aliphatic rings. The lowest BCUT2D eigenvalue weighted by Gasteiger charge is -2.22. The number of thiol groups is 1. The number of nitrogens with one attached hydrogen (secondary N) is 1. The average molecular weight is 504 g/mol. The molecule has 2 heterocycles. The van der Waals surface area contributed by atoms with Gasteiger partial charge in [0.2, 0.25) is 10.9 Å². The molecule has 1 saturated heterocycles. The van der Waals surface area contributed by atoms with Crippen molar-refractivity contribution in [1.82, 2.24) is 10.2 Å². The van der Waals surface area contributed by atoms with Gasteiger partial charge < -0.3 is 14.8 Å². The van der Waals surface area contributed by atoms with Crippen molar-refractivity contribution in [2.75, 3.05) is 31.5 Å². The molecule has 2 aromatic carbocycles. The van der Waals surface area contributed by atoms with E-state index < -0.39 is 34.6 Å². The largest absolute Gasteiger partial charge is 0.480 e. The van der Waals surface area contributed by atoms with Gasteiger partial charge >= 0.3 is 5.97 Å². The lowest BCUT2D eigenvalue weighted by Crippen LogP contribution is -2.32. The highest BCUT2D eigenvalue weighted by atomic mass is 32.2. The maximum Gasteiger partial charge on any atom is 0.320 e. The number of aliphatic carboxylic acids is 1. The van der Waals surface area contributed by atoms with Gasteiger partial charge in [-0.05, 0) is 56.3 Å². The lowest BCUT2D eigenvalue weighted by atomic mass is 9.92. The molecule has 0 bridgehead atoms. The zero-order chi connectivity index (χ0) is 25.4. The van der Waals surface area contributed by atoms with Gasteiger partial charge in [0.15, 0.2) is 0 Å². The minimum Gasteiger partial charge on any atom is -0.480 e. The van der Waals surface area contributed by atoms with Gasteiger partial charge in [-0.25, -0.2) is 12.8 Å². The van der Waals surface area contributed by atoms with E-state index in [1.54, 1.807) is 31.0 Å². The van der Waals surface area contributed by atoms with Crippen LogP contribution < -0.4 is 9.62 Å². The number of rotatable bonds is 7. The summed E-state index contributed by atoms with van der Waals surface area (Å²) in [5.74, 6) is -1.87. The van der Waals surface area contributed by atoms with Crippen molar-refractivity contribution >= 4 is 39.4 Å². The number of likely N-dealkylation sites (N-methyl/N-ethyl adjacent to an activating group) is 1. The molecular formula is C24H26FN3O6S. The number of halogens is 1. The predicted molar refractivity (Wildman–Crippen MR) is 130 cm³/mol. The summed E-state index contributed by atoms with van der Waals surface area (Å²) >= 11 is 0. The van der Waals surface area contributed by atoms with Crippen LogP contribution in [0, 0.1) is 5.82 Å². The minimum absolute atomic E-state index is 0.163. The lowest BCUT2D eigenvalue weighted by molar-refractivity contribution is -0.141. The number of nitrogens with zero attached hydrogens (tertiary/aromatic N) is 2. The van der Waals surface area contributed by atoms with E-state index in [0.29, 0.717) is 28.7 Å². The number of hydrogen-bond donors (Lipinski definition) is 3. The Balaban J connectivity index is 1.99. The molecule has 1 unspecified atom stereocenters. The molecule has 9 nitrogen and oxygen atoms in total. The van der Waals surface area contributed by atoms with E-state index >= 15 is 0 Å². The summed E-state index contributed by atoms with van der Waals surface area (Å²) in [7, 11) is 0.209. The van der Waals surface area contributed by atoms with Crippen molar-refractivity contribution in [3.05, 3.63) is 53.3 Å². The number of fused-ring (bicyclic) bond motifs is 1. The second-order valence-corrected chi connectivity index (χ2v) is 9.44. The van der Waals surface area contributed by atoms with Crippen molar-refractivity contribution in [2.24, 2.45) is 0 Å². The minimum atomic E-state index is -2.98. The molecule has 2 atom stereocenters. The molecule has 35 heavy (non-hydrogen) atoms. The molecule has 1 amide bonds. The number of carboxylic acid groups (broad SMARTS) is 1. The number of furan rings is 1. The Morgan fingerprint density at radius 1 is 1.26 bits per heavy atom. The molecular weight excluding hydrogens is 477 g/mol. The highest BCUT2D eigenvalue weighted by molar-refractivity contribution is 7.74. The fraction of sp³-hybridized carbons (Fsp3) is 0.333. The van der Waals surface area contributed by atoms with Gasteiger partial charge in [0, 0.05) is 43.1 Å². The normalized spacial score (nSPS) is 18.3. The van der Waals surface area contributed by atoms with Crippen LogP contribution in [-0.2, 0) is 15.7 Å². The van der Waals surface area contributed by atoms with Crippen molar-refractivity contribution in [3.8, 4) is 11.3 Å². The highest BCUT2D eigenvalue weighted by Gasteiger charge is 2.37. The number of likely N-dealkylation sites (tertiary alicyclic amines) is 1. The van der Waals surface area contributed by atoms with E-state index in [4.69, 9.17) is 4.42 Å². The zero-order valence-corrected chi connectivity index (χ0v) is 20.3. The van der Waals surface area contributed by atoms with E-state index in [9.17, 15) is 27.5 Å². The number of benzene rings is 2. The molecule has 3 aromatic rings. The number of carboxylic acids is 1. The van der Waals surface area contributed by atoms with Gasteiger partial charge in [-0.1, -0.05) is 0 Å². The Morgan fingerprint density at radius 3 is 2.49 bits per heavy atom. The first kappa shape index (κ1) is 24.7. The van der Waals surface area contributed by atoms with Crippen LogP contribution in [0.5, 0.6) is 0 Å². The number of hydrogen-bond acceptors (Lipinski definition) is 6. The molecule has 11 heteroatoms. The third-order valence-electron chi connectivity index (χ3n) is 6.45. The molecule has 0 spiro atoms.